The monoisotopic (exact) mass is 399 g/mol. The summed E-state index contributed by atoms with van der Waals surface area (Å²) in [6.45, 7) is 2.13. The molecule has 0 aliphatic carbocycles. The van der Waals surface area contributed by atoms with E-state index in [9.17, 15) is 4.79 Å². The van der Waals surface area contributed by atoms with Gasteiger partial charge in [0.2, 0.25) is 5.91 Å². The fourth-order valence-electron chi connectivity index (χ4n) is 3.33. The summed E-state index contributed by atoms with van der Waals surface area (Å²) in [6, 6.07) is 17.2. The van der Waals surface area contributed by atoms with Gasteiger partial charge in [-0.3, -0.25) is 9.48 Å². The van der Waals surface area contributed by atoms with Crippen LogP contribution in [-0.4, -0.2) is 27.1 Å². The van der Waals surface area contributed by atoms with Gasteiger partial charge < -0.3 is 4.90 Å². The summed E-state index contributed by atoms with van der Waals surface area (Å²) in [5.41, 5.74) is 3.97. The number of nitrogens with zero attached hydrogens (tertiary/aromatic N) is 3. The Morgan fingerprint density at radius 1 is 0.963 bits per heavy atom. The largest absolute Gasteiger partial charge is 0.336 e. The molecular weight excluding hydrogens is 381 g/mol. The van der Waals surface area contributed by atoms with Crippen molar-refractivity contribution in [2.75, 3.05) is 6.54 Å². The van der Waals surface area contributed by atoms with Crippen LogP contribution in [0.25, 0.3) is 11.3 Å². The van der Waals surface area contributed by atoms with E-state index in [-0.39, 0.29) is 5.91 Å². The first-order valence-electron chi connectivity index (χ1n) is 8.93. The highest BCUT2D eigenvalue weighted by atomic mass is 35.5. The molecule has 3 aromatic rings. The van der Waals surface area contributed by atoms with Crippen LogP contribution in [0.5, 0.6) is 0 Å². The molecule has 138 valence electrons. The van der Waals surface area contributed by atoms with Gasteiger partial charge in [-0.1, -0.05) is 47.5 Å². The molecule has 1 aliphatic rings. The molecular formula is C21H19Cl2N3O. The molecule has 1 aromatic heterocycles. The van der Waals surface area contributed by atoms with Crippen LogP contribution in [0.1, 0.15) is 17.7 Å². The van der Waals surface area contributed by atoms with Gasteiger partial charge in [-0.25, -0.2) is 0 Å². The second kappa shape index (κ2) is 7.75. The molecule has 0 bridgehead atoms. The maximum Gasteiger partial charge on any atom is 0.227 e. The summed E-state index contributed by atoms with van der Waals surface area (Å²) in [5, 5.41) is 6.11. The first kappa shape index (κ1) is 18.1. The van der Waals surface area contributed by atoms with Crippen LogP contribution < -0.4 is 0 Å². The first-order valence-corrected chi connectivity index (χ1v) is 9.69. The molecule has 4 rings (SSSR count). The van der Waals surface area contributed by atoms with Crippen molar-refractivity contribution in [2.24, 2.45) is 0 Å². The minimum Gasteiger partial charge on any atom is -0.336 e. The Morgan fingerprint density at radius 2 is 1.63 bits per heavy atom. The third kappa shape index (κ3) is 4.18. The van der Waals surface area contributed by atoms with Gasteiger partial charge in [0.1, 0.15) is 0 Å². The van der Waals surface area contributed by atoms with Gasteiger partial charge in [-0.05, 0) is 42.3 Å². The molecule has 0 fully saturated rings. The predicted molar refractivity (Wildman–Crippen MR) is 108 cm³/mol. The predicted octanol–water partition coefficient (Wildman–Crippen LogP) is 4.83. The topological polar surface area (TPSA) is 38.1 Å². The average Bonchev–Trinajstić information content (AvgIpc) is 2.95. The van der Waals surface area contributed by atoms with E-state index in [0.717, 1.165) is 42.0 Å². The van der Waals surface area contributed by atoms with Crippen molar-refractivity contribution in [1.29, 1.82) is 0 Å². The van der Waals surface area contributed by atoms with Crippen molar-refractivity contribution in [2.45, 2.75) is 25.9 Å². The molecule has 0 atom stereocenters. The highest BCUT2D eigenvalue weighted by Crippen LogP contribution is 2.24. The SMILES string of the molecule is O=C(Cc1ccc(Cl)cc1)N1CCCn2nc(-c3ccc(Cl)cc3)cc2C1. The Balaban J connectivity index is 1.51. The van der Waals surface area contributed by atoms with Crippen molar-refractivity contribution in [3.8, 4) is 11.3 Å². The van der Waals surface area contributed by atoms with Crippen LogP contribution >= 0.6 is 23.2 Å². The maximum absolute atomic E-state index is 12.8. The normalized spacial score (nSPS) is 13.9. The maximum atomic E-state index is 12.8. The van der Waals surface area contributed by atoms with Crippen LogP contribution in [0.4, 0.5) is 0 Å². The second-order valence-electron chi connectivity index (χ2n) is 6.72. The number of hydrogen-bond acceptors (Lipinski definition) is 2. The van der Waals surface area contributed by atoms with Gasteiger partial charge in [0.05, 0.1) is 24.4 Å². The lowest BCUT2D eigenvalue weighted by molar-refractivity contribution is -0.131. The smallest absolute Gasteiger partial charge is 0.227 e. The lowest BCUT2D eigenvalue weighted by atomic mass is 10.1. The molecule has 2 heterocycles. The van der Waals surface area contributed by atoms with Crippen molar-refractivity contribution >= 4 is 29.1 Å². The lowest BCUT2D eigenvalue weighted by Crippen LogP contribution is -2.32. The van der Waals surface area contributed by atoms with E-state index in [1.165, 1.54) is 0 Å². The summed E-state index contributed by atoms with van der Waals surface area (Å²) in [4.78, 5) is 14.7. The van der Waals surface area contributed by atoms with E-state index in [1.54, 1.807) is 0 Å². The minimum atomic E-state index is 0.125. The molecule has 0 spiro atoms. The van der Waals surface area contributed by atoms with E-state index in [4.69, 9.17) is 28.3 Å². The molecule has 27 heavy (non-hydrogen) atoms. The quantitative estimate of drug-likeness (QED) is 0.632. The third-order valence-corrected chi connectivity index (χ3v) is 5.28. The van der Waals surface area contributed by atoms with Gasteiger partial charge in [0, 0.05) is 28.7 Å². The second-order valence-corrected chi connectivity index (χ2v) is 7.60. The van der Waals surface area contributed by atoms with Crippen LogP contribution in [0.15, 0.2) is 54.6 Å². The number of amides is 1. The molecule has 0 radical (unpaired) electrons. The molecule has 6 heteroatoms. The molecule has 0 saturated heterocycles. The van der Waals surface area contributed by atoms with Crippen molar-refractivity contribution in [3.05, 3.63) is 75.9 Å². The number of aryl methyl sites for hydroxylation is 1. The summed E-state index contributed by atoms with van der Waals surface area (Å²) in [6.07, 6.45) is 1.27. The van der Waals surface area contributed by atoms with E-state index in [0.29, 0.717) is 23.0 Å². The summed E-state index contributed by atoms with van der Waals surface area (Å²) in [7, 11) is 0. The molecule has 0 unspecified atom stereocenters. The fourth-order valence-corrected chi connectivity index (χ4v) is 3.58. The van der Waals surface area contributed by atoms with Gasteiger partial charge in [0.25, 0.3) is 0 Å². The average molecular weight is 400 g/mol. The number of halogens is 2. The third-order valence-electron chi connectivity index (χ3n) is 4.78. The molecule has 0 N–H and O–H groups in total. The van der Waals surface area contributed by atoms with E-state index in [2.05, 4.69) is 6.07 Å². The van der Waals surface area contributed by atoms with E-state index in [1.807, 2.05) is 58.1 Å². The Bertz CT molecular complexity index is 949. The van der Waals surface area contributed by atoms with Crippen LogP contribution in [-0.2, 0) is 24.3 Å². The van der Waals surface area contributed by atoms with Gasteiger partial charge in [-0.15, -0.1) is 0 Å². The minimum absolute atomic E-state index is 0.125. The van der Waals surface area contributed by atoms with E-state index >= 15 is 0 Å². The molecule has 4 nitrogen and oxygen atoms in total. The Morgan fingerprint density at radius 3 is 2.33 bits per heavy atom. The van der Waals surface area contributed by atoms with Crippen LogP contribution in [0, 0.1) is 0 Å². The zero-order valence-electron chi connectivity index (χ0n) is 14.7. The summed E-state index contributed by atoms with van der Waals surface area (Å²) < 4.78 is 2.01. The standard InChI is InChI=1S/C21H19Cl2N3O/c22-17-6-2-15(3-7-17)12-21(27)25-10-1-11-26-19(14-25)13-20(24-26)16-4-8-18(23)9-5-16/h2-9,13H,1,10-12,14H2. The summed E-state index contributed by atoms with van der Waals surface area (Å²) >= 11 is 11.9. The van der Waals surface area contributed by atoms with Crippen molar-refractivity contribution in [3.63, 3.8) is 0 Å². The number of rotatable bonds is 3. The number of aromatic nitrogens is 2. The number of hydrogen-bond donors (Lipinski definition) is 0. The lowest BCUT2D eigenvalue weighted by Gasteiger charge is -2.20. The highest BCUT2D eigenvalue weighted by molar-refractivity contribution is 6.30. The van der Waals surface area contributed by atoms with Crippen molar-refractivity contribution < 1.29 is 4.79 Å². The van der Waals surface area contributed by atoms with Crippen LogP contribution in [0.3, 0.4) is 0 Å². The van der Waals surface area contributed by atoms with Crippen LogP contribution in [0.2, 0.25) is 10.0 Å². The van der Waals surface area contributed by atoms with Crippen molar-refractivity contribution in [1.82, 2.24) is 14.7 Å². The van der Waals surface area contributed by atoms with Gasteiger partial charge in [0.15, 0.2) is 0 Å². The molecule has 0 saturated carbocycles. The van der Waals surface area contributed by atoms with Gasteiger partial charge >= 0.3 is 0 Å². The Kier molecular flexibility index (Phi) is 5.19. The number of carbonyl (C=O) groups is 1. The summed E-state index contributed by atoms with van der Waals surface area (Å²) in [5.74, 6) is 0.125. The zero-order chi connectivity index (χ0) is 18.8. The molecule has 1 aliphatic heterocycles. The highest BCUT2D eigenvalue weighted by Gasteiger charge is 2.21. The number of fused-ring (bicyclic) bond motifs is 1. The Hall–Kier alpha value is -2.30. The fraction of sp³-hybridized carbons (Fsp3) is 0.238. The number of benzene rings is 2. The Labute approximate surface area is 168 Å². The van der Waals surface area contributed by atoms with E-state index < -0.39 is 0 Å². The molecule has 2 aromatic carbocycles. The van der Waals surface area contributed by atoms with Gasteiger partial charge in [-0.2, -0.15) is 5.10 Å². The number of carbonyl (C=O) groups excluding carboxylic acids is 1. The zero-order valence-corrected chi connectivity index (χ0v) is 16.2. The molecule has 1 amide bonds. The first-order chi connectivity index (χ1) is 13.1.